The lowest BCUT2D eigenvalue weighted by Crippen LogP contribution is -2.34. The number of fused-ring (bicyclic) bond motifs is 1. The number of hydrogen-bond acceptors (Lipinski definition) is 2. The highest BCUT2D eigenvalue weighted by Crippen LogP contribution is 2.18. The van der Waals surface area contributed by atoms with E-state index < -0.39 is 11.6 Å². The fourth-order valence-electron chi connectivity index (χ4n) is 3.00. The molecule has 0 saturated heterocycles. The molecular formula is C19H21F2N3S. The molecule has 0 bridgehead atoms. The summed E-state index contributed by atoms with van der Waals surface area (Å²) < 4.78 is 26.1. The van der Waals surface area contributed by atoms with Crippen molar-refractivity contribution in [1.29, 1.82) is 0 Å². The van der Waals surface area contributed by atoms with Crippen molar-refractivity contribution in [3.63, 3.8) is 0 Å². The Balaban J connectivity index is 1.37. The van der Waals surface area contributed by atoms with Gasteiger partial charge in [0.25, 0.3) is 0 Å². The van der Waals surface area contributed by atoms with Crippen LogP contribution in [0.25, 0.3) is 0 Å². The molecule has 0 aliphatic carbocycles. The maximum atomic E-state index is 13.2. The normalized spacial score (nSPS) is 14.0. The number of thiocarbonyl (C=S) groups is 1. The number of benzene rings is 2. The zero-order chi connectivity index (χ0) is 17.6. The standard InChI is InChI=1S/C19H21F2N3S/c20-17-7-6-16(12-18(17)21)23-19(25)22-9-3-10-24-11-8-14-4-1-2-5-15(14)13-24/h1-2,4-7,12H,3,8-11,13H2,(H2,22,23,25). The van der Waals surface area contributed by atoms with Crippen LogP contribution in [0.3, 0.4) is 0 Å². The molecule has 1 aliphatic rings. The summed E-state index contributed by atoms with van der Waals surface area (Å²) in [5.41, 5.74) is 3.30. The van der Waals surface area contributed by atoms with Gasteiger partial charge in [0.1, 0.15) is 0 Å². The van der Waals surface area contributed by atoms with Crippen molar-refractivity contribution in [1.82, 2.24) is 10.2 Å². The summed E-state index contributed by atoms with van der Waals surface area (Å²) in [4.78, 5) is 2.44. The second-order valence-electron chi connectivity index (χ2n) is 6.16. The van der Waals surface area contributed by atoms with Gasteiger partial charge in [-0.2, -0.15) is 0 Å². The molecule has 2 aromatic rings. The molecule has 25 heavy (non-hydrogen) atoms. The molecule has 0 aromatic heterocycles. The van der Waals surface area contributed by atoms with E-state index in [1.54, 1.807) is 0 Å². The second-order valence-corrected chi connectivity index (χ2v) is 6.57. The Kier molecular flexibility index (Phi) is 5.94. The molecule has 2 aromatic carbocycles. The van der Waals surface area contributed by atoms with Crippen LogP contribution < -0.4 is 10.6 Å². The molecule has 6 heteroatoms. The number of nitrogens with zero attached hydrogens (tertiary/aromatic N) is 1. The van der Waals surface area contributed by atoms with E-state index in [1.165, 1.54) is 17.2 Å². The molecule has 0 amide bonds. The van der Waals surface area contributed by atoms with Crippen molar-refractivity contribution in [2.75, 3.05) is 25.0 Å². The second kappa shape index (κ2) is 8.36. The molecule has 0 radical (unpaired) electrons. The van der Waals surface area contributed by atoms with Gasteiger partial charge in [-0.25, -0.2) is 8.78 Å². The zero-order valence-corrected chi connectivity index (χ0v) is 14.7. The van der Waals surface area contributed by atoms with Crippen LogP contribution in [-0.2, 0) is 13.0 Å². The minimum absolute atomic E-state index is 0.412. The van der Waals surface area contributed by atoms with E-state index in [0.717, 1.165) is 51.2 Å². The summed E-state index contributed by atoms with van der Waals surface area (Å²) in [5, 5.41) is 6.37. The molecule has 132 valence electrons. The minimum Gasteiger partial charge on any atom is -0.362 e. The fraction of sp³-hybridized carbons (Fsp3) is 0.316. The summed E-state index contributed by atoms with van der Waals surface area (Å²) in [6.45, 7) is 3.80. The highest BCUT2D eigenvalue weighted by atomic mass is 32.1. The molecule has 0 spiro atoms. The van der Waals surface area contributed by atoms with Gasteiger partial charge in [0.2, 0.25) is 0 Å². The van der Waals surface area contributed by atoms with Crippen molar-refractivity contribution in [3.05, 3.63) is 65.2 Å². The topological polar surface area (TPSA) is 27.3 Å². The summed E-state index contributed by atoms with van der Waals surface area (Å²) in [5.74, 6) is -1.76. The van der Waals surface area contributed by atoms with Crippen LogP contribution in [-0.4, -0.2) is 29.6 Å². The molecule has 2 N–H and O–H groups in total. The van der Waals surface area contributed by atoms with Crippen LogP contribution in [0.2, 0.25) is 0 Å². The number of anilines is 1. The van der Waals surface area contributed by atoms with Crippen LogP contribution >= 0.6 is 12.2 Å². The molecule has 1 heterocycles. The monoisotopic (exact) mass is 361 g/mol. The smallest absolute Gasteiger partial charge is 0.170 e. The third-order valence-corrected chi connectivity index (χ3v) is 4.57. The van der Waals surface area contributed by atoms with Gasteiger partial charge in [-0.3, -0.25) is 4.90 Å². The molecule has 0 unspecified atom stereocenters. The molecule has 1 aliphatic heterocycles. The molecular weight excluding hydrogens is 340 g/mol. The predicted molar refractivity (Wildman–Crippen MR) is 101 cm³/mol. The molecule has 3 nitrogen and oxygen atoms in total. The van der Waals surface area contributed by atoms with Gasteiger partial charge < -0.3 is 10.6 Å². The number of hydrogen-bond donors (Lipinski definition) is 2. The third-order valence-electron chi connectivity index (χ3n) is 4.32. The Morgan fingerprint density at radius 3 is 2.68 bits per heavy atom. The maximum absolute atomic E-state index is 13.2. The first-order chi connectivity index (χ1) is 12.1. The quantitative estimate of drug-likeness (QED) is 0.627. The van der Waals surface area contributed by atoms with E-state index in [0.29, 0.717) is 10.8 Å². The van der Waals surface area contributed by atoms with Crippen LogP contribution in [0.1, 0.15) is 17.5 Å². The Morgan fingerprint density at radius 2 is 1.88 bits per heavy atom. The van der Waals surface area contributed by atoms with E-state index >= 15 is 0 Å². The van der Waals surface area contributed by atoms with Gasteiger partial charge in [0.05, 0.1) is 0 Å². The van der Waals surface area contributed by atoms with Crippen molar-refractivity contribution >= 4 is 23.0 Å². The average Bonchev–Trinajstić information content (AvgIpc) is 2.62. The van der Waals surface area contributed by atoms with E-state index in [2.05, 4.69) is 39.8 Å². The van der Waals surface area contributed by atoms with Crippen molar-refractivity contribution in [2.45, 2.75) is 19.4 Å². The Labute approximate surface area is 152 Å². The number of halogens is 2. The Bertz CT molecular complexity index is 751. The number of nitrogens with one attached hydrogen (secondary N) is 2. The summed E-state index contributed by atoms with van der Waals surface area (Å²) in [6.07, 6.45) is 2.06. The minimum atomic E-state index is -0.891. The molecule has 3 rings (SSSR count). The maximum Gasteiger partial charge on any atom is 0.170 e. The number of rotatable bonds is 5. The molecule has 0 saturated carbocycles. The third kappa shape index (κ3) is 4.96. The van der Waals surface area contributed by atoms with Gasteiger partial charge in [-0.15, -0.1) is 0 Å². The van der Waals surface area contributed by atoms with Crippen LogP contribution in [0.15, 0.2) is 42.5 Å². The van der Waals surface area contributed by atoms with Gasteiger partial charge in [-0.05, 0) is 48.3 Å². The molecule has 0 atom stereocenters. The van der Waals surface area contributed by atoms with E-state index in [4.69, 9.17) is 12.2 Å². The van der Waals surface area contributed by atoms with Gasteiger partial charge in [0, 0.05) is 37.9 Å². The van der Waals surface area contributed by atoms with E-state index in [-0.39, 0.29) is 0 Å². The van der Waals surface area contributed by atoms with E-state index in [1.807, 2.05) is 0 Å². The van der Waals surface area contributed by atoms with Gasteiger partial charge in [0.15, 0.2) is 16.7 Å². The van der Waals surface area contributed by atoms with Crippen molar-refractivity contribution < 1.29 is 8.78 Å². The van der Waals surface area contributed by atoms with Crippen LogP contribution in [0.4, 0.5) is 14.5 Å². The highest BCUT2D eigenvalue weighted by molar-refractivity contribution is 7.80. The summed E-state index contributed by atoms with van der Waals surface area (Å²) in [7, 11) is 0. The van der Waals surface area contributed by atoms with Gasteiger partial charge in [-0.1, -0.05) is 24.3 Å². The van der Waals surface area contributed by atoms with Crippen LogP contribution in [0, 0.1) is 11.6 Å². The van der Waals surface area contributed by atoms with Crippen molar-refractivity contribution in [2.24, 2.45) is 0 Å². The molecule has 0 fully saturated rings. The lowest BCUT2D eigenvalue weighted by Gasteiger charge is -2.28. The Morgan fingerprint density at radius 1 is 1.08 bits per heavy atom. The Hall–Kier alpha value is -2.05. The van der Waals surface area contributed by atoms with Crippen LogP contribution in [0.5, 0.6) is 0 Å². The van der Waals surface area contributed by atoms with Crippen molar-refractivity contribution in [3.8, 4) is 0 Å². The first kappa shape index (κ1) is 17.8. The first-order valence-electron chi connectivity index (χ1n) is 8.41. The largest absolute Gasteiger partial charge is 0.362 e. The lowest BCUT2D eigenvalue weighted by atomic mass is 10.00. The van der Waals surface area contributed by atoms with Gasteiger partial charge >= 0.3 is 0 Å². The predicted octanol–water partition coefficient (Wildman–Crippen LogP) is 3.70. The highest BCUT2D eigenvalue weighted by Gasteiger charge is 2.14. The average molecular weight is 361 g/mol. The zero-order valence-electron chi connectivity index (χ0n) is 13.9. The lowest BCUT2D eigenvalue weighted by molar-refractivity contribution is 0.251. The summed E-state index contributed by atoms with van der Waals surface area (Å²) in [6, 6.07) is 12.2. The summed E-state index contributed by atoms with van der Waals surface area (Å²) >= 11 is 5.18. The SMILES string of the molecule is Fc1ccc(NC(=S)NCCCN2CCc3ccccc3C2)cc1F. The van der Waals surface area contributed by atoms with E-state index in [9.17, 15) is 8.78 Å². The first-order valence-corrected chi connectivity index (χ1v) is 8.82. The fourth-order valence-corrected chi connectivity index (χ4v) is 3.22.